The van der Waals surface area contributed by atoms with Crippen molar-refractivity contribution in [2.45, 2.75) is 25.3 Å². The lowest BCUT2D eigenvalue weighted by Crippen LogP contribution is -1.93. The minimum absolute atomic E-state index is 0.286. The molecule has 2 heteroatoms. The highest BCUT2D eigenvalue weighted by atomic mass is 32.1. The minimum atomic E-state index is 0.286. The van der Waals surface area contributed by atoms with Gasteiger partial charge in [0.15, 0.2) is 0 Å². The first-order chi connectivity index (χ1) is 5.30. The van der Waals surface area contributed by atoms with Crippen molar-refractivity contribution in [2.24, 2.45) is 4.99 Å². The van der Waals surface area contributed by atoms with Crippen molar-refractivity contribution in [3.63, 3.8) is 0 Å². The van der Waals surface area contributed by atoms with Crippen molar-refractivity contribution in [1.29, 1.82) is 0 Å². The Morgan fingerprint density at radius 1 is 1.55 bits per heavy atom. The molecule has 0 N–H and O–H groups in total. The number of aliphatic imine (C=N–C) groups is 1. The van der Waals surface area contributed by atoms with Gasteiger partial charge in [-0.25, -0.2) is 0 Å². The zero-order valence-corrected chi connectivity index (χ0v) is 7.24. The number of fused-ring (bicyclic) bond motifs is 2. The van der Waals surface area contributed by atoms with E-state index in [1.54, 1.807) is 0 Å². The summed E-state index contributed by atoms with van der Waals surface area (Å²) in [4.78, 5) is 7.48. The van der Waals surface area contributed by atoms with Gasteiger partial charge in [-0.05, 0) is 25.8 Å². The number of thiophene rings is 1. The monoisotopic (exact) mass is 163 g/mol. The Labute approximate surface area is 69.8 Å². The zero-order valence-electron chi connectivity index (χ0n) is 6.42. The van der Waals surface area contributed by atoms with Crippen molar-refractivity contribution in [1.82, 2.24) is 0 Å². The molecule has 56 valence electrons. The highest BCUT2D eigenvalue weighted by molar-refractivity contribution is 7.12. The van der Waals surface area contributed by atoms with Gasteiger partial charge in [-0.2, -0.15) is 0 Å². The molecule has 0 bridgehead atoms. The fourth-order valence-electron chi connectivity index (χ4n) is 1.72. The molecular formula is C9H9NS. The maximum absolute atomic E-state index is 4.53. The molecular weight excluding hydrogens is 154 g/mol. The zero-order chi connectivity index (χ0) is 7.47. The fraction of sp³-hybridized carbons (Fsp3) is 0.444. The lowest BCUT2D eigenvalue weighted by atomic mass is 10.2. The fourth-order valence-corrected chi connectivity index (χ4v) is 2.90. The lowest BCUT2D eigenvalue weighted by Gasteiger charge is -1.99. The molecule has 0 aromatic carbocycles. The molecule has 1 aliphatic carbocycles. The third-order valence-corrected chi connectivity index (χ3v) is 3.74. The van der Waals surface area contributed by atoms with E-state index in [4.69, 9.17) is 0 Å². The Morgan fingerprint density at radius 3 is 3.09 bits per heavy atom. The first-order valence-electron chi connectivity index (χ1n) is 3.96. The second-order valence-electron chi connectivity index (χ2n) is 3.43. The van der Waals surface area contributed by atoms with E-state index in [2.05, 4.69) is 18.0 Å². The van der Waals surface area contributed by atoms with Gasteiger partial charge in [0, 0.05) is 21.5 Å². The topological polar surface area (TPSA) is 12.4 Å². The molecule has 0 amide bonds. The summed E-state index contributed by atoms with van der Waals surface area (Å²) in [5.74, 6) is 0. The van der Waals surface area contributed by atoms with Crippen LogP contribution in [0.1, 0.15) is 28.2 Å². The van der Waals surface area contributed by atoms with Crippen molar-refractivity contribution in [3.05, 3.63) is 21.4 Å². The van der Waals surface area contributed by atoms with E-state index in [9.17, 15) is 0 Å². The molecule has 1 fully saturated rings. The van der Waals surface area contributed by atoms with Crippen molar-refractivity contribution in [3.8, 4) is 0 Å². The van der Waals surface area contributed by atoms with Crippen LogP contribution in [0.15, 0.2) is 11.1 Å². The number of hydrogen-bond acceptors (Lipinski definition) is 2. The van der Waals surface area contributed by atoms with Crippen LogP contribution in [0, 0.1) is 6.92 Å². The Kier molecular flexibility index (Phi) is 0.856. The molecule has 1 aromatic rings. The van der Waals surface area contributed by atoms with E-state index in [-0.39, 0.29) is 5.54 Å². The van der Waals surface area contributed by atoms with Crippen LogP contribution in [0.2, 0.25) is 0 Å². The summed E-state index contributed by atoms with van der Waals surface area (Å²) < 4.78 is 0. The molecule has 1 nitrogen and oxygen atoms in total. The molecule has 0 saturated heterocycles. The summed E-state index contributed by atoms with van der Waals surface area (Å²) in [6.07, 6.45) is 4.60. The predicted octanol–water partition coefficient (Wildman–Crippen LogP) is 2.48. The van der Waals surface area contributed by atoms with Crippen LogP contribution in [-0.2, 0) is 5.54 Å². The first-order valence-corrected chi connectivity index (χ1v) is 4.78. The van der Waals surface area contributed by atoms with Crippen LogP contribution in [0.5, 0.6) is 0 Å². The summed E-state index contributed by atoms with van der Waals surface area (Å²) in [6, 6.07) is 2.25. The Balaban J connectivity index is 2.27. The van der Waals surface area contributed by atoms with Gasteiger partial charge in [0.05, 0.1) is 5.54 Å². The third kappa shape index (κ3) is 0.632. The average Bonchev–Trinajstić information content (AvgIpc) is 2.57. The van der Waals surface area contributed by atoms with Gasteiger partial charge < -0.3 is 0 Å². The molecule has 0 atom stereocenters. The molecule has 1 aromatic heterocycles. The summed E-state index contributed by atoms with van der Waals surface area (Å²) in [6.45, 7) is 2.17. The van der Waals surface area contributed by atoms with E-state index < -0.39 is 0 Å². The molecule has 3 rings (SSSR count). The molecule has 1 aliphatic heterocycles. The SMILES string of the molecule is Cc1cc2c(s1)C1(CC1)N=C2. The third-order valence-electron chi connectivity index (χ3n) is 2.48. The normalized spacial score (nSPS) is 22.6. The van der Waals surface area contributed by atoms with Crippen molar-refractivity contribution >= 4 is 17.6 Å². The molecule has 2 heterocycles. The maximum atomic E-state index is 4.53. The van der Waals surface area contributed by atoms with Crippen LogP contribution >= 0.6 is 11.3 Å². The van der Waals surface area contributed by atoms with Crippen LogP contribution in [0.3, 0.4) is 0 Å². The Morgan fingerprint density at radius 2 is 2.36 bits per heavy atom. The molecule has 1 saturated carbocycles. The molecule has 1 spiro atoms. The van der Waals surface area contributed by atoms with Gasteiger partial charge in [0.2, 0.25) is 0 Å². The van der Waals surface area contributed by atoms with Gasteiger partial charge in [0.25, 0.3) is 0 Å². The van der Waals surface area contributed by atoms with Gasteiger partial charge in [-0.1, -0.05) is 0 Å². The van der Waals surface area contributed by atoms with Crippen LogP contribution in [0.25, 0.3) is 0 Å². The van der Waals surface area contributed by atoms with E-state index in [0.29, 0.717) is 0 Å². The van der Waals surface area contributed by atoms with E-state index >= 15 is 0 Å². The number of hydrogen-bond donors (Lipinski definition) is 0. The molecule has 0 radical (unpaired) electrons. The minimum Gasteiger partial charge on any atom is -0.280 e. The predicted molar refractivity (Wildman–Crippen MR) is 47.6 cm³/mol. The summed E-state index contributed by atoms with van der Waals surface area (Å²) in [5, 5.41) is 0. The van der Waals surface area contributed by atoms with Crippen LogP contribution in [0.4, 0.5) is 0 Å². The lowest BCUT2D eigenvalue weighted by molar-refractivity contribution is 0.783. The van der Waals surface area contributed by atoms with Crippen molar-refractivity contribution < 1.29 is 0 Å². The summed E-state index contributed by atoms with van der Waals surface area (Å²) >= 11 is 1.92. The molecule has 0 unspecified atom stereocenters. The van der Waals surface area contributed by atoms with Gasteiger partial charge in [0.1, 0.15) is 0 Å². The van der Waals surface area contributed by atoms with Gasteiger partial charge in [-0.15, -0.1) is 11.3 Å². The first kappa shape index (κ1) is 5.95. The number of aryl methyl sites for hydroxylation is 1. The van der Waals surface area contributed by atoms with E-state index in [1.807, 2.05) is 17.6 Å². The van der Waals surface area contributed by atoms with Crippen molar-refractivity contribution in [2.75, 3.05) is 0 Å². The summed E-state index contributed by atoms with van der Waals surface area (Å²) in [5.41, 5.74) is 1.67. The number of nitrogens with zero attached hydrogens (tertiary/aromatic N) is 1. The number of rotatable bonds is 0. The van der Waals surface area contributed by atoms with Crippen LogP contribution < -0.4 is 0 Å². The Hall–Kier alpha value is -0.630. The maximum Gasteiger partial charge on any atom is 0.0956 e. The van der Waals surface area contributed by atoms with E-state index in [0.717, 1.165) is 0 Å². The largest absolute Gasteiger partial charge is 0.280 e. The smallest absolute Gasteiger partial charge is 0.0956 e. The standard InChI is InChI=1S/C9H9NS/c1-6-4-7-5-10-9(2-3-9)8(7)11-6/h4-5H,2-3H2,1H3. The molecule has 2 aliphatic rings. The van der Waals surface area contributed by atoms with Crippen LogP contribution in [-0.4, -0.2) is 6.21 Å². The van der Waals surface area contributed by atoms with Gasteiger partial charge >= 0.3 is 0 Å². The average molecular weight is 163 g/mol. The molecule has 11 heavy (non-hydrogen) atoms. The highest BCUT2D eigenvalue weighted by Gasteiger charge is 2.48. The summed E-state index contributed by atoms with van der Waals surface area (Å²) in [7, 11) is 0. The quantitative estimate of drug-likeness (QED) is 0.557. The van der Waals surface area contributed by atoms with Gasteiger partial charge in [-0.3, -0.25) is 4.99 Å². The second-order valence-corrected chi connectivity index (χ2v) is 4.69. The highest BCUT2D eigenvalue weighted by Crippen LogP contribution is 2.55. The van der Waals surface area contributed by atoms with E-state index in [1.165, 1.54) is 28.2 Å². The Bertz CT molecular complexity index is 344. The second kappa shape index (κ2) is 1.58.